The number of carboxylic acid groups (broad SMARTS) is 1. The largest absolute Gasteiger partial charge is 0.493 e. The van der Waals surface area contributed by atoms with Crippen LogP contribution in [-0.2, 0) is 24.1 Å². The van der Waals surface area contributed by atoms with Gasteiger partial charge in [0, 0.05) is 12.1 Å². The number of aryl methyl sites for hydroxylation is 1. The average molecular weight is 395 g/mol. The minimum Gasteiger partial charge on any atom is -0.493 e. The van der Waals surface area contributed by atoms with Crippen LogP contribution < -0.4 is 9.47 Å². The van der Waals surface area contributed by atoms with Crippen LogP contribution in [0, 0.1) is 0 Å². The quantitative estimate of drug-likeness (QED) is 0.840. The smallest absolute Gasteiger partial charge is 0.305 e. The molecule has 1 atom stereocenters. The Balaban J connectivity index is 1.76. The van der Waals surface area contributed by atoms with Crippen molar-refractivity contribution < 1.29 is 24.2 Å². The number of nitrogens with zero attached hydrogens (tertiary/aromatic N) is 1. The van der Waals surface area contributed by atoms with Crippen LogP contribution in [0.3, 0.4) is 0 Å². The Bertz CT molecular complexity index is 968. The molecular weight excluding hydrogens is 370 g/mol. The van der Waals surface area contributed by atoms with Crippen molar-refractivity contribution in [3.63, 3.8) is 0 Å². The van der Waals surface area contributed by atoms with E-state index in [4.69, 9.17) is 9.47 Å². The first-order valence-electron chi connectivity index (χ1n) is 9.91. The van der Waals surface area contributed by atoms with Gasteiger partial charge in [-0.1, -0.05) is 12.1 Å². The third-order valence-electron chi connectivity index (χ3n) is 6.01. The van der Waals surface area contributed by atoms with E-state index in [1.165, 1.54) is 5.56 Å². The van der Waals surface area contributed by atoms with Crippen LogP contribution in [0.2, 0.25) is 0 Å². The molecule has 2 aliphatic rings. The van der Waals surface area contributed by atoms with Crippen LogP contribution in [0.15, 0.2) is 30.3 Å². The highest BCUT2D eigenvalue weighted by Gasteiger charge is 2.35. The van der Waals surface area contributed by atoms with Crippen molar-refractivity contribution >= 4 is 11.9 Å². The van der Waals surface area contributed by atoms with Gasteiger partial charge in [-0.25, -0.2) is 0 Å². The van der Waals surface area contributed by atoms with Crippen LogP contribution in [0.25, 0.3) is 0 Å². The molecular formula is C23H25NO5. The summed E-state index contributed by atoms with van der Waals surface area (Å²) < 4.78 is 10.8. The van der Waals surface area contributed by atoms with Gasteiger partial charge in [-0.05, 0) is 66.1 Å². The van der Waals surface area contributed by atoms with E-state index >= 15 is 0 Å². The van der Waals surface area contributed by atoms with Crippen LogP contribution in [0.5, 0.6) is 11.5 Å². The first-order chi connectivity index (χ1) is 14.0. The summed E-state index contributed by atoms with van der Waals surface area (Å²) in [5, 5.41) is 9.55. The number of carbonyl (C=O) groups is 2. The van der Waals surface area contributed by atoms with Crippen LogP contribution in [-0.4, -0.2) is 42.6 Å². The molecule has 6 heteroatoms. The fraction of sp³-hybridized carbons (Fsp3) is 0.391. The van der Waals surface area contributed by atoms with Crippen LogP contribution >= 0.6 is 0 Å². The van der Waals surface area contributed by atoms with E-state index in [2.05, 4.69) is 6.07 Å². The van der Waals surface area contributed by atoms with Crippen molar-refractivity contribution in [1.82, 2.24) is 4.90 Å². The van der Waals surface area contributed by atoms with Crippen molar-refractivity contribution in [2.45, 2.75) is 38.1 Å². The molecule has 0 radical (unpaired) electrons. The molecule has 0 spiro atoms. The van der Waals surface area contributed by atoms with Gasteiger partial charge in [0.1, 0.15) is 0 Å². The summed E-state index contributed by atoms with van der Waals surface area (Å²) in [6.45, 7) is 0.475. The summed E-state index contributed by atoms with van der Waals surface area (Å²) in [5.74, 6) is 0.127. The fourth-order valence-corrected chi connectivity index (χ4v) is 4.63. The Morgan fingerprint density at radius 1 is 1.07 bits per heavy atom. The van der Waals surface area contributed by atoms with E-state index < -0.39 is 12.0 Å². The van der Waals surface area contributed by atoms with E-state index in [-0.39, 0.29) is 12.3 Å². The van der Waals surface area contributed by atoms with Gasteiger partial charge in [0.05, 0.1) is 26.7 Å². The highest BCUT2D eigenvalue weighted by atomic mass is 16.5. The van der Waals surface area contributed by atoms with Gasteiger partial charge in [0.2, 0.25) is 0 Å². The first-order valence-corrected chi connectivity index (χ1v) is 9.91. The van der Waals surface area contributed by atoms with Gasteiger partial charge in [0.15, 0.2) is 11.5 Å². The molecule has 0 fully saturated rings. The van der Waals surface area contributed by atoms with Gasteiger partial charge in [-0.2, -0.15) is 0 Å². The van der Waals surface area contributed by atoms with Gasteiger partial charge in [0.25, 0.3) is 5.91 Å². The fourth-order valence-electron chi connectivity index (χ4n) is 4.63. The molecule has 152 valence electrons. The molecule has 29 heavy (non-hydrogen) atoms. The molecule has 4 rings (SSSR count). The molecule has 1 unspecified atom stereocenters. The average Bonchev–Trinajstić information content (AvgIpc) is 3.21. The second-order valence-electron chi connectivity index (χ2n) is 7.57. The Morgan fingerprint density at radius 2 is 1.83 bits per heavy atom. The third kappa shape index (κ3) is 3.43. The van der Waals surface area contributed by atoms with E-state index in [0.29, 0.717) is 30.0 Å². The summed E-state index contributed by atoms with van der Waals surface area (Å²) in [7, 11) is 3.13. The minimum absolute atomic E-state index is 0.0876. The highest BCUT2D eigenvalue weighted by Crippen LogP contribution is 2.40. The summed E-state index contributed by atoms with van der Waals surface area (Å²) in [5.41, 5.74) is 4.87. The lowest BCUT2D eigenvalue weighted by molar-refractivity contribution is -0.138. The van der Waals surface area contributed by atoms with Crippen molar-refractivity contribution in [2.24, 2.45) is 0 Å². The van der Waals surface area contributed by atoms with E-state index in [1.807, 2.05) is 24.3 Å². The lowest BCUT2D eigenvalue weighted by Gasteiger charge is -2.37. The standard InChI is InChI=1S/C23H25NO5/c1-28-20-11-15-9-10-24(19(13-22(25)26)18(15)12-21(20)29-2)23(27)17-8-4-6-14-5-3-7-16(14)17/h4,6,8,11-12,19H,3,5,7,9-10,13H2,1-2H3,(H,25,26). The zero-order valence-electron chi connectivity index (χ0n) is 16.7. The molecule has 1 amide bonds. The molecule has 1 aliphatic heterocycles. The Hall–Kier alpha value is -3.02. The first kappa shape index (κ1) is 19.3. The Morgan fingerprint density at radius 3 is 2.55 bits per heavy atom. The van der Waals surface area contributed by atoms with Crippen molar-refractivity contribution in [1.29, 1.82) is 0 Å². The number of carbonyl (C=O) groups excluding carboxylic acids is 1. The highest BCUT2D eigenvalue weighted by molar-refractivity contribution is 5.97. The lowest BCUT2D eigenvalue weighted by atomic mass is 9.89. The Labute approximate surface area is 170 Å². The lowest BCUT2D eigenvalue weighted by Crippen LogP contribution is -2.41. The molecule has 2 aromatic rings. The SMILES string of the molecule is COc1cc2c(cc1OC)C(CC(=O)O)N(C(=O)c1cccc3c1CCC3)CC2. The van der Waals surface area contributed by atoms with Crippen molar-refractivity contribution in [3.05, 3.63) is 58.1 Å². The molecule has 1 N–H and O–H groups in total. The molecule has 1 heterocycles. The number of hydrogen-bond donors (Lipinski definition) is 1. The maximum absolute atomic E-state index is 13.5. The number of amides is 1. The van der Waals surface area contributed by atoms with Crippen LogP contribution in [0.4, 0.5) is 0 Å². The summed E-state index contributed by atoms with van der Waals surface area (Å²) >= 11 is 0. The molecule has 0 saturated heterocycles. The summed E-state index contributed by atoms with van der Waals surface area (Å²) in [6.07, 6.45) is 3.44. The number of methoxy groups -OCH3 is 2. The van der Waals surface area contributed by atoms with E-state index in [9.17, 15) is 14.7 Å². The predicted molar refractivity (Wildman–Crippen MR) is 108 cm³/mol. The summed E-state index contributed by atoms with van der Waals surface area (Å²) in [6, 6.07) is 9.04. The van der Waals surface area contributed by atoms with Gasteiger partial charge >= 0.3 is 5.97 Å². The van der Waals surface area contributed by atoms with Gasteiger partial charge in [-0.3, -0.25) is 9.59 Å². The monoisotopic (exact) mass is 395 g/mol. The maximum Gasteiger partial charge on any atom is 0.305 e. The number of aliphatic carboxylic acids is 1. The number of benzene rings is 2. The molecule has 6 nitrogen and oxygen atoms in total. The van der Waals surface area contributed by atoms with Crippen LogP contribution in [0.1, 0.15) is 51.5 Å². The van der Waals surface area contributed by atoms with Crippen molar-refractivity contribution in [2.75, 3.05) is 20.8 Å². The topological polar surface area (TPSA) is 76.1 Å². The van der Waals surface area contributed by atoms with E-state index in [1.54, 1.807) is 19.1 Å². The number of hydrogen-bond acceptors (Lipinski definition) is 4. The molecule has 1 aliphatic carbocycles. The van der Waals surface area contributed by atoms with Crippen molar-refractivity contribution in [3.8, 4) is 11.5 Å². The Kier molecular flexibility index (Phi) is 5.18. The van der Waals surface area contributed by atoms with E-state index in [0.717, 1.165) is 36.0 Å². The molecule has 0 aromatic heterocycles. The zero-order valence-corrected chi connectivity index (χ0v) is 16.7. The molecule has 2 aromatic carbocycles. The normalized spacial score (nSPS) is 17.4. The minimum atomic E-state index is -0.936. The predicted octanol–water partition coefficient (Wildman–Crippen LogP) is 3.41. The zero-order chi connectivity index (χ0) is 20.5. The number of carboxylic acids is 1. The number of rotatable bonds is 5. The molecule has 0 bridgehead atoms. The third-order valence-corrected chi connectivity index (χ3v) is 6.01. The van der Waals surface area contributed by atoms with Gasteiger partial charge < -0.3 is 19.5 Å². The maximum atomic E-state index is 13.5. The van der Waals surface area contributed by atoms with Gasteiger partial charge in [-0.15, -0.1) is 0 Å². The second kappa shape index (κ2) is 7.78. The summed E-state index contributed by atoms with van der Waals surface area (Å²) in [4.78, 5) is 26.9. The number of ether oxygens (including phenoxy) is 2. The molecule has 0 saturated carbocycles. The number of fused-ring (bicyclic) bond motifs is 2. The second-order valence-corrected chi connectivity index (χ2v) is 7.57.